The normalized spacial score (nSPS) is 13.8. The second-order valence-corrected chi connectivity index (χ2v) is 28.0. The molecule has 0 radical (unpaired) electrons. The molecule has 5 nitrogen and oxygen atoms in total. The molecule has 13 rings (SSSR count). The molecule has 0 fully saturated rings. The largest absolute Gasteiger partial charge is 0.458 e. The first-order valence-corrected chi connectivity index (χ1v) is 30.0. The second kappa shape index (κ2) is 20.4. The number of aromatic nitrogens is 1. The van der Waals surface area contributed by atoms with E-state index in [1.807, 2.05) is 42.5 Å². The number of ether oxygens (including phenoxy) is 1. The van der Waals surface area contributed by atoms with E-state index in [1.54, 1.807) is 28.8 Å². The molecule has 11 aromatic rings. The molecule has 2 aliphatic rings. The smallest absolute Gasteiger partial charge is 0.253 e. The van der Waals surface area contributed by atoms with Crippen LogP contribution in [0, 0.1) is 22.7 Å². The lowest BCUT2D eigenvalue weighted by atomic mass is 9.35. The van der Waals surface area contributed by atoms with Crippen LogP contribution in [0.15, 0.2) is 210 Å². The molecule has 0 atom stereocenters. The zero-order valence-electron chi connectivity index (χ0n) is 55.3. The molecular weight excluding hydrogens is 1050 g/mol. The highest BCUT2D eigenvalue weighted by atomic mass is 32.2. The number of hydrogen-bond donors (Lipinski definition) is 0. The molecule has 7 heteroatoms. The Morgan fingerprint density at radius 3 is 1.68 bits per heavy atom. The van der Waals surface area contributed by atoms with Gasteiger partial charge in [0, 0.05) is 48.8 Å². The fraction of sp³-hybridized carbons (Fsp3) is 0.205. The molecule has 0 unspecified atom stereocenters. The van der Waals surface area contributed by atoms with Crippen LogP contribution >= 0.6 is 11.8 Å². The first kappa shape index (κ1) is 49.4. The Labute approximate surface area is 513 Å². The van der Waals surface area contributed by atoms with Crippen molar-refractivity contribution in [3.8, 4) is 62.7 Å². The Bertz CT molecular complexity index is 4800. The van der Waals surface area contributed by atoms with Gasteiger partial charge in [0.05, 0.1) is 46.8 Å². The second-order valence-electron chi connectivity index (χ2n) is 27.0. The van der Waals surface area contributed by atoms with Crippen LogP contribution < -0.4 is 26.0 Å². The summed E-state index contributed by atoms with van der Waals surface area (Å²) >= 11 is 1.67. The summed E-state index contributed by atoms with van der Waals surface area (Å²) in [6.45, 7) is 26.8. The third-order valence-corrected chi connectivity index (χ3v) is 18.2. The predicted octanol–water partition coefficient (Wildman–Crippen LogP) is 19.3. The van der Waals surface area contributed by atoms with Gasteiger partial charge in [0.15, 0.2) is 0 Å². The monoisotopic (exact) mass is 1130 g/mol. The molecule has 0 saturated heterocycles. The van der Waals surface area contributed by atoms with Crippen molar-refractivity contribution in [3.05, 3.63) is 233 Å². The first-order chi connectivity index (χ1) is 42.6. The van der Waals surface area contributed by atoms with Gasteiger partial charge in [0.1, 0.15) is 11.5 Å². The van der Waals surface area contributed by atoms with E-state index in [-0.39, 0.29) is 46.1 Å². The molecule has 416 valence electrons. The molecule has 0 saturated carbocycles. The van der Waals surface area contributed by atoms with Crippen LogP contribution in [-0.2, 0) is 21.7 Å². The van der Waals surface area contributed by atoms with Gasteiger partial charge in [-0.25, -0.2) is 0 Å². The quantitative estimate of drug-likeness (QED) is 0.149. The average molecular weight is 1130 g/mol. The van der Waals surface area contributed by atoms with Gasteiger partial charge < -0.3 is 14.2 Å². The molecule has 85 heavy (non-hydrogen) atoms. The number of hydrogen-bond acceptors (Lipinski definition) is 5. The van der Waals surface area contributed by atoms with Gasteiger partial charge in [0.2, 0.25) is 0 Å². The van der Waals surface area contributed by atoms with Gasteiger partial charge in [-0.05, 0) is 186 Å². The minimum absolute atomic E-state index is 0.00690. The van der Waals surface area contributed by atoms with Crippen LogP contribution in [0.25, 0.3) is 60.9 Å². The maximum absolute atomic E-state index is 10.9. The summed E-state index contributed by atoms with van der Waals surface area (Å²) in [5.41, 5.74) is 18.0. The van der Waals surface area contributed by atoms with Crippen LogP contribution in [-0.4, -0.2) is 11.3 Å². The Hall–Kier alpha value is -9.01. The van der Waals surface area contributed by atoms with E-state index in [0.717, 1.165) is 76.5 Å². The van der Waals surface area contributed by atoms with E-state index in [4.69, 9.17) is 8.85 Å². The summed E-state index contributed by atoms with van der Waals surface area (Å²) < 4.78 is 54.1. The van der Waals surface area contributed by atoms with Crippen molar-refractivity contribution in [1.82, 2.24) is 4.57 Å². The summed E-state index contributed by atoms with van der Waals surface area (Å²) in [5.74, 6) is 1.44. The molecule has 0 bridgehead atoms. The summed E-state index contributed by atoms with van der Waals surface area (Å²) in [4.78, 5) is 3.74. The lowest BCUT2D eigenvalue weighted by Crippen LogP contribution is -2.57. The molecule has 0 aliphatic carbocycles. The maximum Gasteiger partial charge on any atom is 0.253 e. The van der Waals surface area contributed by atoms with Crippen molar-refractivity contribution in [1.29, 1.82) is 10.5 Å². The third-order valence-electron chi connectivity index (χ3n) is 17.1. The highest BCUT2D eigenvalue weighted by molar-refractivity contribution is 8.00. The van der Waals surface area contributed by atoms with Crippen molar-refractivity contribution >= 4 is 73.7 Å². The topological polar surface area (TPSA) is 65.0 Å². The van der Waals surface area contributed by atoms with Gasteiger partial charge in [0.25, 0.3) is 6.71 Å². The average Bonchev–Trinajstić information content (AvgIpc) is 1.00. The van der Waals surface area contributed by atoms with Crippen LogP contribution in [0.4, 0.5) is 17.1 Å². The van der Waals surface area contributed by atoms with Crippen LogP contribution in [0.5, 0.6) is 11.5 Å². The van der Waals surface area contributed by atoms with Crippen LogP contribution in [0.2, 0.25) is 0 Å². The van der Waals surface area contributed by atoms with E-state index in [9.17, 15) is 13.3 Å². The Morgan fingerprint density at radius 2 is 1.07 bits per heavy atom. The third kappa shape index (κ3) is 9.89. The molecule has 2 aliphatic heterocycles. The van der Waals surface area contributed by atoms with E-state index in [0.29, 0.717) is 33.8 Å². The van der Waals surface area contributed by atoms with E-state index < -0.39 is 18.1 Å². The molecule has 0 spiro atoms. The van der Waals surface area contributed by atoms with Crippen LogP contribution in [0.1, 0.15) is 123 Å². The summed E-state index contributed by atoms with van der Waals surface area (Å²) in [6, 6.07) is 61.5. The number of nitriles is 2. The number of nitrogens with zero attached hydrogens (tertiary/aromatic N) is 4. The maximum atomic E-state index is 10.9. The summed E-state index contributed by atoms with van der Waals surface area (Å²) in [5, 5.41) is 23.8. The minimum Gasteiger partial charge on any atom is -0.458 e. The summed E-state index contributed by atoms with van der Waals surface area (Å²) in [6.07, 6.45) is 0. The van der Waals surface area contributed by atoms with E-state index in [2.05, 4.69) is 215 Å². The lowest BCUT2D eigenvalue weighted by Gasteiger charge is -2.34. The van der Waals surface area contributed by atoms with Gasteiger partial charge in [-0.3, -0.25) is 0 Å². The van der Waals surface area contributed by atoms with Gasteiger partial charge in [-0.15, -0.1) is 0 Å². The van der Waals surface area contributed by atoms with E-state index in [1.165, 1.54) is 33.0 Å². The Morgan fingerprint density at radius 1 is 0.482 bits per heavy atom. The van der Waals surface area contributed by atoms with Gasteiger partial charge in [-0.1, -0.05) is 191 Å². The number of para-hydroxylation sites is 2. The zero-order valence-corrected chi connectivity index (χ0v) is 51.2. The standard InChI is InChI=1S/C78H69BN4OS/c1-75(2,3)54-27-33-68-63(43-54)64-44-55(76(4,5)6)28-34-69(64)83(68)60-29-24-51(47-81)61(45-60)49-25-30-65-70(38-49)84-71-39-53(52-36-56(77(7,8)9)42-57(37-52)78(10,11)12)41-73-74(71)79(65)66-31-26-50(40-72(66)85-73)62-35-48(46-80)23-32-67(62)82(58-19-15-13-16-20-58)59-21-17-14-18-22-59/h13-45H,1-12H3/i13D,15D,16D,19D,20D. The van der Waals surface area contributed by atoms with Crippen molar-refractivity contribution in [2.24, 2.45) is 0 Å². The molecular formula is C78H69BN4OS. The lowest BCUT2D eigenvalue weighted by molar-refractivity contribution is 0.486. The number of fused-ring (bicyclic) bond motifs is 7. The zero-order chi connectivity index (χ0) is 63.8. The van der Waals surface area contributed by atoms with Crippen molar-refractivity contribution in [3.63, 3.8) is 0 Å². The predicted molar refractivity (Wildman–Crippen MR) is 358 cm³/mol. The number of benzene rings is 10. The SMILES string of the molecule is [2H]c1c([2H])c([2H])c(N(c2ccccc2)c2ccc(C#N)cc2-c2ccc3c(c2)Sc2cc(-c4cc(C(C)(C)C)cc(C(C)(C)C)c4)cc4c2B3c2ccc(-c3cc(-n5c6ccc(C(C)(C)C)cc6c6cc(C(C)(C)C)ccc65)ccc3C#N)cc2O4)c([2H])c1[2H]. The fourth-order valence-corrected chi connectivity index (χ4v) is 13.5. The van der Waals surface area contributed by atoms with Crippen LogP contribution in [0.3, 0.4) is 0 Å². The minimum atomic E-state index is -0.483. The van der Waals surface area contributed by atoms with Crippen molar-refractivity contribution in [2.75, 3.05) is 4.90 Å². The fourth-order valence-electron chi connectivity index (χ4n) is 12.2. The van der Waals surface area contributed by atoms with Crippen molar-refractivity contribution in [2.45, 2.75) is 115 Å². The van der Waals surface area contributed by atoms with Gasteiger partial charge in [-0.2, -0.15) is 10.5 Å². The van der Waals surface area contributed by atoms with Crippen molar-refractivity contribution < 1.29 is 11.6 Å². The summed E-state index contributed by atoms with van der Waals surface area (Å²) in [7, 11) is 0. The highest BCUT2D eigenvalue weighted by Gasteiger charge is 2.40. The molecule has 0 amide bonds. The van der Waals surface area contributed by atoms with Gasteiger partial charge >= 0.3 is 0 Å². The molecule has 0 N–H and O–H groups in total. The first-order valence-electron chi connectivity index (χ1n) is 31.7. The Kier molecular flexibility index (Phi) is 11.8. The molecule has 10 aromatic carbocycles. The Balaban J connectivity index is 1.00. The number of anilines is 3. The highest BCUT2D eigenvalue weighted by Crippen LogP contribution is 2.47. The van der Waals surface area contributed by atoms with E-state index >= 15 is 0 Å². The molecule has 1 aromatic heterocycles. The molecule has 3 heterocycles. The number of rotatable bonds is 7.